The van der Waals surface area contributed by atoms with E-state index in [-0.39, 0.29) is 0 Å². The molecular formula is C18H26N4O. The van der Waals surface area contributed by atoms with E-state index < -0.39 is 6.10 Å². The van der Waals surface area contributed by atoms with Crippen molar-refractivity contribution in [3.63, 3.8) is 0 Å². The Morgan fingerprint density at radius 2 is 1.91 bits per heavy atom. The lowest BCUT2D eigenvalue weighted by atomic mass is 10.1. The molecule has 0 aliphatic heterocycles. The minimum atomic E-state index is -0.478. The SMILES string of the molecule is CCN(Cc1nnc(C)n1C1CC1)CC(O)c1ccc(C)cc1. The lowest BCUT2D eigenvalue weighted by molar-refractivity contribution is 0.110. The van der Waals surface area contributed by atoms with Gasteiger partial charge >= 0.3 is 0 Å². The third-order valence-electron chi connectivity index (χ3n) is 4.55. The zero-order valence-electron chi connectivity index (χ0n) is 14.2. The van der Waals surface area contributed by atoms with E-state index in [0.29, 0.717) is 12.6 Å². The molecule has 0 radical (unpaired) electrons. The highest BCUT2D eigenvalue weighted by Crippen LogP contribution is 2.36. The van der Waals surface area contributed by atoms with E-state index in [0.717, 1.165) is 30.3 Å². The standard InChI is InChI=1S/C18H26N4O/c1-4-21(11-17(23)15-7-5-13(2)6-8-15)12-18-20-19-14(3)22(18)16-9-10-16/h5-8,16-17,23H,4,9-12H2,1-3H3. The number of likely N-dealkylation sites (N-methyl/N-ethyl adjacent to an activating group) is 1. The number of aryl methyl sites for hydroxylation is 2. The van der Waals surface area contributed by atoms with Crippen LogP contribution >= 0.6 is 0 Å². The summed E-state index contributed by atoms with van der Waals surface area (Å²) in [7, 11) is 0. The molecule has 1 fully saturated rings. The van der Waals surface area contributed by atoms with Gasteiger partial charge in [0, 0.05) is 12.6 Å². The quantitative estimate of drug-likeness (QED) is 0.854. The van der Waals surface area contributed by atoms with Crippen LogP contribution in [0.5, 0.6) is 0 Å². The first-order valence-corrected chi connectivity index (χ1v) is 8.45. The zero-order valence-corrected chi connectivity index (χ0v) is 14.2. The van der Waals surface area contributed by atoms with E-state index >= 15 is 0 Å². The van der Waals surface area contributed by atoms with Crippen molar-refractivity contribution in [3.8, 4) is 0 Å². The molecule has 1 aliphatic rings. The molecule has 1 unspecified atom stereocenters. The Balaban J connectivity index is 1.67. The van der Waals surface area contributed by atoms with Crippen molar-refractivity contribution in [1.82, 2.24) is 19.7 Å². The van der Waals surface area contributed by atoms with Gasteiger partial charge in [-0.2, -0.15) is 0 Å². The van der Waals surface area contributed by atoms with Crippen molar-refractivity contribution >= 4 is 0 Å². The highest BCUT2D eigenvalue weighted by molar-refractivity contribution is 5.23. The second-order valence-electron chi connectivity index (χ2n) is 6.52. The van der Waals surface area contributed by atoms with Gasteiger partial charge in [-0.05, 0) is 38.8 Å². The van der Waals surface area contributed by atoms with Gasteiger partial charge in [-0.3, -0.25) is 4.90 Å². The largest absolute Gasteiger partial charge is 0.387 e. The summed E-state index contributed by atoms with van der Waals surface area (Å²) in [5, 5.41) is 19.1. The second kappa shape index (κ2) is 6.81. The molecule has 1 atom stereocenters. The topological polar surface area (TPSA) is 54.2 Å². The Morgan fingerprint density at radius 3 is 2.52 bits per heavy atom. The lowest BCUT2D eigenvalue weighted by Crippen LogP contribution is -2.29. The summed E-state index contributed by atoms with van der Waals surface area (Å²) < 4.78 is 2.26. The molecule has 5 heteroatoms. The molecule has 1 aromatic carbocycles. The molecule has 0 amide bonds. The van der Waals surface area contributed by atoms with Crippen LogP contribution in [0.2, 0.25) is 0 Å². The third-order valence-corrected chi connectivity index (χ3v) is 4.55. The van der Waals surface area contributed by atoms with Crippen molar-refractivity contribution < 1.29 is 5.11 Å². The van der Waals surface area contributed by atoms with Crippen LogP contribution in [0.3, 0.4) is 0 Å². The van der Waals surface area contributed by atoms with Crippen molar-refractivity contribution in [2.24, 2.45) is 0 Å². The molecule has 23 heavy (non-hydrogen) atoms. The molecule has 124 valence electrons. The Morgan fingerprint density at radius 1 is 1.22 bits per heavy atom. The number of aliphatic hydroxyl groups is 1. The molecule has 1 N–H and O–H groups in total. The molecule has 0 saturated heterocycles. The van der Waals surface area contributed by atoms with Gasteiger partial charge in [0.05, 0.1) is 12.6 Å². The monoisotopic (exact) mass is 314 g/mol. The van der Waals surface area contributed by atoms with Crippen molar-refractivity contribution in [2.45, 2.75) is 52.3 Å². The second-order valence-corrected chi connectivity index (χ2v) is 6.52. The summed E-state index contributed by atoms with van der Waals surface area (Å²) in [5.74, 6) is 2.01. The zero-order chi connectivity index (χ0) is 16.4. The van der Waals surface area contributed by atoms with Crippen LogP contribution in [0.4, 0.5) is 0 Å². The van der Waals surface area contributed by atoms with Crippen molar-refractivity contribution in [3.05, 3.63) is 47.0 Å². The maximum atomic E-state index is 10.5. The van der Waals surface area contributed by atoms with Gasteiger partial charge in [0.25, 0.3) is 0 Å². The van der Waals surface area contributed by atoms with E-state index in [1.54, 1.807) is 0 Å². The number of aliphatic hydroxyl groups excluding tert-OH is 1. The highest BCUT2D eigenvalue weighted by Gasteiger charge is 2.28. The summed E-state index contributed by atoms with van der Waals surface area (Å²) in [6.45, 7) is 8.41. The van der Waals surface area contributed by atoms with Gasteiger partial charge in [0.1, 0.15) is 11.6 Å². The summed E-state index contributed by atoms with van der Waals surface area (Å²) in [4.78, 5) is 2.23. The van der Waals surface area contributed by atoms with E-state index in [2.05, 4.69) is 33.5 Å². The number of rotatable bonds is 7. The average molecular weight is 314 g/mol. The van der Waals surface area contributed by atoms with Crippen molar-refractivity contribution in [2.75, 3.05) is 13.1 Å². The summed E-state index contributed by atoms with van der Waals surface area (Å²) in [6, 6.07) is 8.68. The third kappa shape index (κ3) is 3.79. The van der Waals surface area contributed by atoms with Crippen LogP contribution < -0.4 is 0 Å². The maximum Gasteiger partial charge on any atom is 0.147 e. The highest BCUT2D eigenvalue weighted by atomic mass is 16.3. The normalized spacial score (nSPS) is 16.0. The van der Waals surface area contributed by atoms with Crippen LogP contribution in [0.25, 0.3) is 0 Å². The fourth-order valence-electron chi connectivity index (χ4n) is 2.97. The minimum absolute atomic E-state index is 0.478. The smallest absolute Gasteiger partial charge is 0.147 e. The summed E-state index contributed by atoms with van der Waals surface area (Å²) in [6.07, 6.45) is 1.97. The van der Waals surface area contributed by atoms with Gasteiger partial charge in [-0.15, -0.1) is 10.2 Å². The number of aromatic nitrogens is 3. The predicted molar refractivity (Wildman–Crippen MR) is 90.1 cm³/mol. The molecule has 1 aromatic heterocycles. The van der Waals surface area contributed by atoms with Crippen LogP contribution in [0, 0.1) is 13.8 Å². The van der Waals surface area contributed by atoms with Crippen LogP contribution in [0.15, 0.2) is 24.3 Å². The number of hydrogen-bond donors (Lipinski definition) is 1. The molecule has 2 aromatic rings. The Kier molecular flexibility index (Phi) is 4.78. The maximum absolute atomic E-state index is 10.5. The average Bonchev–Trinajstić information content (AvgIpc) is 3.31. The van der Waals surface area contributed by atoms with Crippen LogP contribution in [0.1, 0.15) is 54.7 Å². The lowest BCUT2D eigenvalue weighted by Gasteiger charge is -2.23. The Labute approximate surface area is 138 Å². The van der Waals surface area contributed by atoms with Gasteiger partial charge in [0.15, 0.2) is 0 Å². The molecule has 3 rings (SSSR count). The molecule has 5 nitrogen and oxygen atoms in total. The first kappa shape index (κ1) is 16.1. The van der Waals surface area contributed by atoms with Gasteiger partial charge in [-0.25, -0.2) is 0 Å². The summed E-state index contributed by atoms with van der Waals surface area (Å²) >= 11 is 0. The van der Waals surface area contributed by atoms with Crippen molar-refractivity contribution in [1.29, 1.82) is 0 Å². The van der Waals surface area contributed by atoms with Crippen LogP contribution in [-0.4, -0.2) is 37.9 Å². The Bertz CT molecular complexity index is 646. The van der Waals surface area contributed by atoms with Gasteiger partial charge in [-0.1, -0.05) is 36.8 Å². The Hall–Kier alpha value is -1.72. The number of benzene rings is 1. The molecule has 1 heterocycles. The minimum Gasteiger partial charge on any atom is -0.387 e. The molecule has 0 bridgehead atoms. The first-order chi connectivity index (χ1) is 11.1. The first-order valence-electron chi connectivity index (χ1n) is 8.45. The van der Waals surface area contributed by atoms with Gasteiger partial charge in [0.2, 0.25) is 0 Å². The summed E-state index contributed by atoms with van der Waals surface area (Å²) in [5.41, 5.74) is 2.18. The van der Waals surface area contributed by atoms with Crippen LogP contribution in [-0.2, 0) is 6.54 Å². The molecule has 1 aliphatic carbocycles. The fraction of sp³-hybridized carbons (Fsp3) is 0.556. The number of nitrogens with zero attached hydrogens (tertiary/aromatic N) is 4. The van der Waals surface area contributed by atoms with Gasteiger partial charge < -0.3 is 9.67 Å². The number of hydrogen-bond acceptors (Lipinski definition) is 4. The molecule has 1 saturated carbocycles. The van der Waals surface area contributed by atoms with E-state index in [1.165, 1.54) is 18.4 Å². The molecule has 0 spiro atoms. The fourth-order valence-corrected chi connectivity index (χ4v) is 2.97. The predicted octanol–water partition coefficient (Wildman–Crippen LogP) is 2.79. The van der Waals surface area contributed by atoms with E-state index in [9.17, 15) is 5.11 Å². The van der Waals surface area contributed by atoms with E-state index in [1.807, 2.05) is 31.2 Å². The molecular weight excluding hydrogens is 288 g/mol. The van der Waals surface area contributed by atoms with E-state index in [4.69, 9.17) is 0 Å².